The summed E-state index contributed by atoms with van der Waals surface area (Å²) < 4.78 is 5.85. The molecule has 0 fully saturated rings. The van der Waals surface area contributed by atoms with Crippen molar-refractivity contribution in [3.8, 4) is 22.3 Å². The summed E-state index contributed by atoms with van der Waals surface area (Å²) in [5.74, 6) is 0. The Morgan fingerprint density at radius 1 is 0.474 bits per heavy atom. The first kappa shape index (κ1) is 10.4. The Morgan fingerprint density at radius 2 is 0.895 bits per heavy atom. The van der Waals surface area contributed by atoms with Gasteiger partial charge in [0.25, 0.3) is 0 Å². The van der Waals surface area contributed by atoms with Crippen molar-refractivity contribution in [3.05, 3.63) is 72.8 Å². The lowest BCUT2D eigenvalue weighted by Gasteiger charge is -2.05. The van der Waals surface area contributed by atoms with Gasteiger partial charge in [-0.05, 0) is 23.3 Å². The number of benzene rings is 3. The van der Waals surface area contributed by atoms with E-state index in [9.17, 15) is 0 Å². The molecule has 0 atom stereocenters. The van der Waals surface area contributed by atoms with Gasteiger partial charge >= 0.3 is 0 Å². The SMILES string of the molecule is c1ccc(-c2c(-c3ccccc3)c3ccc2o3)cc1. The van der Waals surface area contributed by atoms with E-state index in [1.807, 2.05) is 24.3 Å². The average molecular weight is 244 g/mol. The molecule has 1 heteroatoms. The molecule has 0 aliphatic carbocycles. The standard InChI is InChI=1S/C18H12O/c1-3-7-13(8-4-1)17-15-11-12-16(19-15)18(17)14-9-5-2-6-10-14/h1-12H. The minimum absolute atomic E-state index is 0.958. The molecule has 2 heterocycles. The quantitative estimate of drug-likeness (QED) is 0.472. The van der Waals surface area contributed by atoms with Crippen molar-refractivity contribution in [1.29, 1.82) is 0 Å². The van der Waals surface area contributed by atoms with E-state index in [0.717, 1.165) is 11.2 Å². The average Bonchev–Trinajstić information content (AvgIpc) is 3.10. The largest absolute Gasteiger partial charge is 0.456 e. The zero-order valence-electron chi connectivity index (χ0n) is 10.3. The van der Waals surface area contributed by atoms with Gasteiger partial charge in [-0.3, -0.25) is 0 Å². The van der Waals surface area contributed by atoms with Gasteiger partial charge in [-0.2, -0.15) is 0 Å². The highest BCUT2D eigenvalue weighted by molar-refractivity contribution is 6.02. The third-order valence-corrected chi connectivity index (χ3v) is 3.47. The summed E-state index contributed by atoms with van der Waals surface area (Å²) in [6.07, 6.45) is 0. The maximum Gasteiger partial charge on any atom is 0.136 e. The lowest BCUT2D eigenvalue weighted by Crippen LogP contribution is -1.82. The third kappa shape index (κ3) is 1.55. The van der Waals surface area contributed by atoms with Crippen LogP contribution in [-0.4, -0.2) is 0 Å². The van der Waals surface area contributed by atoms with Crippen LogP contribution in [0.1, 0.15) is 0 Å². The van der Waals surface area contributed by atoms with Crippen LogP contribution in [0.3, 0.4) is 0 Å². The van der Waals surface area contributed by atoms with Crippen molar-refractivity contribution in [3.63, 3.8) is 0 Å². The third-order valence-electron chi connectivity index (χ3n) is 3.47. The monoisotopic (exact) mass is 244 g/mol. The first-order valence-corrected chi connectivity index (χ1v) is 6.39. The molecule has 0 amide bonds. The molecule has 4 aromatic rings. The molecule has 0 spiro atoms. The number of furan rings is 2. The number of hydrogen-bond acceptors (Lipinski definition) is 1. The van der Waals surface area contributed by atoms with Crippen LogP contribution in [0, 0.1) is 0 Å². The maximum atomic E-state index is 5.85. The predicted octanol–water partition coefficient (Wildman–Crippen LogP) is 5.20. The molecule has 0 aliphatic rings. The summed E-state index contributed by atoms with van der Waals surface area (Å²) in [4.78, 5) is 0. The fraction of sp³-hybridized carbons (Fsp3) is 0. The van der Waals surface area contributed by atoms with E-state index in [4.69, 9.17) is 4.42 Å². The Kier molecular flexibility index (Phi) is 2.18. The molecule has 90 valence electrons. The van der Waals surface area contributed by atoms with Crippen molar-refractivity contribution >= 4 is 11.2 Å². The van der Waals surface area contributed by atoms with Gasteiger partial charge in [0, 0.05) is 11.1 Å². The minimum Gasteiger partial charge on any atom is -0.456 e. The molecular formula is C18H12O. The first-order valence-electron chi connectivity index (χ1n) is 6.39. The Morgan fingerprint density at radius 3 is 1.32 bits per heavy atom. The van der Waals surface area contributed by atoms with Crippen LogP contribution in [-0.2, 0) is 0 Å². The second-order valence-electron chi connectivity index (χ2n) is 4.65. The van der Waals surface area contributed by atoms with Crippen molar-refractivity contribution in [2.24, 2.45) is 0 Å². The maximum absolute atomic E-state index is 5.85. The summed E-state index contributed by atoms with van der Waals surface area (Å²) >= 11 is 0. The zero-order valence-corrected chi connectivity index (χ0v) is 10.3. The first-order chi connectivity index (χ1) is 9.43. The van der Waals surface area contributed by atoms with Crippen molar-refractivity contribution in [2.45, 2.75) is 0 Å². The highest BCUT2D eigenvalue weighted by atomic mass is 16.3. The second kappa shape index (κ2) is 3.99. The summed E-state index contributed by atoms with van der Waals surface area (Å²) in [6, 6.07) is 24.9. The molecule has 2 aromatic heterocycles. The topological polar surface area (TPSA) is 13.1 Å². The van der Waals surface area contributed by atoms with Crippen LogP contribution < -0.4 is 0 Å². The molecule has 0 radical (unpaired) electrons. The van der Waals surface area contributed by atoms with E-state index >= 15 is 0 Å². The van der Waals surface area contributed by atoms with Gasteiger partial charge in [0.2, 0.25) is 0 Å². The van der Waals surface area contributed by atoms with E-state index < -0.39 is 0 Å². The van der Waals surface area contributed by atoms with Gasteiger partial charge in [0.1, 0.15) is 11.2 Å². The lowest BCUT2D eigenvalue weighted by molar-refractivity contribution is 0.676. The molecule has 4 rings (SSSR count). The molecular weight excluding hydrogens is 232 g/mol. The fourth-order valence-electron chi connectivity index (χ4n) is 2.64. The van der Waals surface area contributed by atoms with Gasteiger partial charge in [0.05, 0.1) is 0 Å². The van der Waals surface area contributed by atoms with Crippen LogP contribution in [0.25, 0.3) is 33.4 Å². The van der Waals surface area contributed by atoms with Gasteiger partial charge in [-0.1, -0.05) is 60.7 Å². The van der Waals surface area contributed by atoms with E-state index in [1.54, 1.807) is 0 Å². The molecule has 0 aliphatic heterocycles. The van der Waals surface area contributed by atoms with Crippen molar-refractivity contribution < 1.29 is 4.42 Å². The minimum atomic E-state index is 0.958. The van der Waals surface area contributed by atoms with Gasteiger partial charge in [-0.25, -0.2) is 0 Å². The van der Waals surface area contributed by atoms with Gasteiger partial charge < -0.3 is 4.42 Å². The molecule has 1 nitrogen and oxygen atoms in total. The zero-order chi connectivity index (χ0) is 12.7. The molecule has 19 heavy (non-hydrogen) atoms. The normalized spacial score (nSPS) is 11.2. The Bertz CT molecular complexity index is 729. The summed E-state index contributed by atoms with van der Waals surface area (Å²) in [6.45, 7) is 0. The van der Waals surface area contributed by atoms with Crippen molar-refractivity contribution in [2.75, 3.05) is 0 Å². The molecule has 0 saturated heterocycles. The van der Waals surface area contributed by atoms with E-state index in [2.05, 4.69) is 48.5 Å². The number of fused-ring (bicyclic) bond motifs is 2. The highest BCUT2D eigenvalue weighted by Crippen LogP contribution is 2.42. The Labute approximate surface area is 111 Å². The highest BCUT2D eigenvalue weighted by Gasteiger charge is 2.18. The smallest absolute Gasteiger partial charge is 0.136 e. The van der Waals surface area contributed by atoms with Crippen LogP contribution in [0.5, 0.6) is 0 Å². The van der Waals surface area contributed by atoms with Crippen LogP contribution in [0.2, 0.25) is 0 Å². The van der Waals surface area contributed by atoms with Crippen LogP contribution >= 0.6 is 0 Å². The fourth-order valence-corrected chi connectivity index (χ4v) is 2.64. The molecule has 0 unspecified atom stereocenters. The summed E-state index contributed by atoms with van der Waals surface area (Å²) in [5.41, 5.74) is 6.72. The molecule has 2 bridgehead atoms. The van der Waals surface area contributed by atoms with Crippen LogP contribution in [0.15, 0.2) is 77.2 Å². The predicted molar refractivity (Wildman–Crippen MR) is 78.3 cm³/mol. The Hall–Kier alpha value is -2.54. The van der Waals surface area contributed by atoms with Crippen LogP contribution in [0.4, 0.5) is 0 Å². The lowest BCUT2D eigenvalue weighted by atomic mass is 9.95. The number of hydrogen-bond donors (Lipinski definition) is 0. The van der Waals surface area contributed by atoms with E-state index in [-0.39, 0.29) is 0 Å². The van der Waals surface area contributed by atoms with E-state index in [0.29, 0.717) is 0 Å². The van der Waals surface area contributed by atoms with Gasteiger partial charge in [0.15, 0.2) is 0 Å². The summed E-state index contributed by atoms with van der Waals surface area (Å²) in [5, 5.41) is 0. The van der Waals surface area contributed by atoms with Crippen molar-refractivity contribution in [1.82, 2.24) is 0 Å². The van der Waals surface area contributed by atoms with Gasteiger partial charge in [-0.15, -0.1) is 0 Å². The Balaban J connectivity index is 2.03. The number of rotatable bonds is 2. The summed E-state index contributed by atoms with van der Waals surface area (Å²) in [7, 11) is 0. The molecule has 0 N–H and O–H groups in total. The molecule has 0 saturated carbocycles. The molecule has 2 aromatic carbocycles. The van der Waals surface area contributed by atoms with E-state index in [1.165, 1.54) is 22.3 Å². The second-order valence-corrected chi connectivity index (χ2v) is 4.65.